The Kier molecular flexibility index (Phi) is 5.09. The topological polar surface area (TPSA) is 60.5 Å². The van der Waals surface area contributed by atoms with Crippen LogP contribution in [0.4, 0.5) is 0 Å². The van der Waals surface area contributed by atoms with Crippen molar-refractivity contribution in [3.8, 4) is 0 Å². The van der Waals surface area contributed by atoms with Crippen molar-refractivity contribution >= 4 is 19.0 Å². The Labute approximate surface area is 138 Å². The SMILES string of the molecule is CNCC(=Cc1cncc(C(C)=O)c1)B1OC(C)(C)C(C)(C)O1. The van der Waals surface area contributed by atoms with Crippen LogP contribution < -0.4 is 5.32 Å². The van der Waals surface area contributed by atoms with Gasteiger partial charge in [0.1, 0.15) is 0 Å². The summed E-state index contributed by atoms with van der Waals surface area (Å²) in [6, 6.07) is 1.83. The van der Waals surface area contributed by atoms with Gasteiger partial charge in [-0.05, 0) is 58.8 Å². The van der Waals surface area contributed by atoms with Crippen LogP contribution in [0.2, 0.25) is 0 Å². The van der Waals surface area contributed by atoms with E-state index in [2.05, 4.69) is 10.3 Å². The third-order valence-electron chi connectivity index (χ3n) is 4.45. The highest BCUT2D eigenvalue weighted by Crippen LogP contribution is 2.38. The van der Waals surface area contributed by atoms with Crippen LogP contribution in [0, 0.1) is 0 Å². The Balaban J connectivity index is 2.32. The number of aromatic nitrogens is 1. The van der Waals surface area contributed by atoms with E-state index in [-0.39, 0.29) is 17.0 Å². The second kappa shape index (κ2) is 6.55. The molecule has 1 fully saturated rings. The number of carbonyl (C=O) groups excluding carboxylic acids is 1. The number of carbonyl (C=O) groups is 1. The minimum Gasteiger partial charge on any atom is -0.400 e. The van der Waals surface area contributed by atoms with E-state index < -0.39 is 7.12 Å². The van der Waals surface area contributed by atoms with E-state index in [4.69, 9.17) is 9.31 Å². The molecule has 1 saturated heterocycles. The molecule has 0 aliphatic carbocycles. The summed E-state index contributed by atoms with van der Waals surface area (Å²) in [5.41, 5.74) is 1.65. The Hall–Kier alpha value is -1.50. The molecule has 0 amide bonds. The van der Waals surface area contributed by atoms with Crippen molar-refractivity contribution in [3.63, 3.8) is 0 Å². The number of ketones is 1. The lowest BCUT2D eigenvalue weighted by Crippen LogP contribution is -2.41. The van der Waals surface area contributed by atoms with Crippen molar-refractivity contribution in [3.05, 3.63) is 35.1 Å². The summed E-state index contributed by atoms with van der Waals surface area (Å²) in [4.78, 5) is 15.6. The molecular weight excluding hydrogens is 291 g/mol. The van der Waals surface area contributed by atoms with Crippen LogP contribution >= 0.6 is 0 Å². The number of hydrogen-bond donors (Lipinski definition) is 1. The molecule has 1 N–H and O–H groups in total. The third-order valence-corrected chi connectivity index (χ3v) is 4.45. The van der Waals surface area contributed by atoms with Crippen LogP contribution in [-0.4, -0.2) is 42.7 Å². The molecule has 1 aromatic heterocycles. The first-order valence-corrected chi connectivity index (χ1v) is 7.83. The molecule has 5 nitrogen and oxygen atoms in total. The normalized spacial score (nSPS) is 19.9. The molecule has 124 valence electrons. The van der Waals surface area contributed by atoms with Crippen molar-refractivity contribution in [1.82, 2.24) is 10.3 Å². The molecule has 1 aliphatic rings. The number of pyridine rings is 1. The predicted octanol–water partition coefficient (Wildman–Crippen LogP) is 2.52. The summed E-state index contributed by atoms with van der Waals surface area (Å²) >= 11 is 0. The summed E-state index contributed by atoms with van der Waals surface area (Å²) in [5.74, 6) is -0.00134. The van der Waals surface area contributed by atoms with Crippen molar-refractivity contribution in [2.45, 2.75) is 45.8 Å². The average molecular weight is 316 g/mol. The Morgan fingerprint density at radius 3 is 2.39 bits per heavy atom. The first kappa shape index (κ1) is 17.9. The molecule has 2 rings (SSSR count). The molecule has 0 saturated carbocycles. The van der Waals surface area contributed by atoms with Crippen LogP contribution in [0.3, 0.4) is 0 Å². The number of rotatable bonds is 5. The molecule has 0 bridgehead atoms. The fourth-order valence-electron chi connectivity index (χ4n) is 2.34. The van der Waals surface area contributed by atoms with Gasteiger partial charge in [0.05, 0.1) is 11.2 Å². The maximum atomic E-state index is 11.5. The minimum atomic E-state index is -0.423. The van der Waals surface area contributed by atoms with Gasteiger partial charge < -0.3 is 14.6 Å². The summed E-state index contributed by atoms with van der Waals surface area (Å²) in [6.07, 6.45) is 5.28. The Bertz CT molecular complexity index is 610. The second-order valence-corrected chi connectivity index (χ2v) is 6.90. The maximum absolute atomic E-state index is 11.5. The van der Waals surface area contributed by atoms with Crippen molar-refractivity contribution in [2.75, 3.05) is 13.6 Å². The van der Waals surface area contributed by atoms with Gasteiger partial charge >= 0.3 is 7.12 Å². The molecule has 0 aromatic carbocycles. The highest BCUT2D eigenvalue weighted by atomic mass is 16.7. The molecule has 0 radical (unpaired) electrons. The van der Waals surface area contributed by atoms with Gasteiger partial charge in [-0.1, -0.05) is 6.08 Å². The summed E-state index contributed by atoms with van der Waals surface area (Å²) in [5, 5.41) is 3.14. The summed E-state index contributed by atoms with van der Waals surface area (Å²) < 4.78 is 12.2. The molecule has 1 aliphatic heterocycles. The zero-order valence-electron chi connectivity index (χ0n) is 14.8. The largest absolute Gasteiger partial charge is 0.491 e. The minimum absolute atomic E-state index is 0.00134. The molecule has 2 heterocycles. The van der Waals surface area contributed by atoms with Gasteiger partial charge in [-0.2, -0.15) is 0 Å². The van der Waals surface area contributed by atoms with Crippen LogP contribution in [0.1, 0.15) is 50.5 Å². The van der Waals surface area contributed by atoms with Crippen LogP contribution in [0.15, 0.2) is 23.9 Å². The van der Waals surface area contributed by atoms with Gasteiger partial charge in [-0.25, -0.2) is 0 Å². The maximum Gasteiger partial charge on any atom is 0.491 e. The van der Waals surface area contributed by atoms with E-state index in [1.807, 2.05) is 46.9 Å². The zero-order valence-corrected chi connectivity index (χ0v) is 14.8. The molecule has 0 atom stereocenters. The number of likely N-dealkylation sites (N-methyl/N-ethyl adjacent to an activating group) is 1. The highest BCUT2D eigenvalue weighted by Gasteiger charge is 2.52. The van der Waals surface area contributed by atoms with Crippen molar-refractivity contribution in [1.29, 1.82) is 0 Å². The second-order valence-electron chi connectivity index (χ2n) is 6.90. The smallest absolute Gasteiger partial charge is 0.400 e. The van der Waals surface area contributed by atoms with E-state index in [1.54, 1.807) is 12.4 Å². The predicted molar refractivity (Wildman–Crippen MR) is 92.2 cm³/mol. The lowest BCUT2D eigenvalue weighted by Gasteiger charge is -2.32. The molecule has 1 aromatic rings. The van der Waals surface area contributed by atoms with Gasteiger partial charge in [-0.15, -0.1) is 0 Å². The van der Waals surface area contributed by atoms with Gasteiger partial charge in [-0.3, -0.25) is 9.78 Å². The van der Waals surface area contributed by atoms with Crippen LogP contribution in [0.5, 0.6) is 0 Å². The number of Topliss-reactive ketones (excluding diaryl/α,β-unsaturated/α-hetero) is 1. The first-order chi connectivity index (χ1) is 10.7. The third kappa shape index (κ3) is 3.89. The first-order valence-electron chi connectivity index (χ1n) is 7.83. The molecule has 23 heavy (non-hydrogen) atoms. The lowest BCUT2D eigenvalue weighted by atomic mass is 9.77. The van der Waals surface area contributed by atoms with Gasteiger partial charge in [0, 0.05) is 24.5 Å². The summed E-state index contributed by atoms with van der Waals surface area (Å²) in [6.45, 7) is 10.3. The monoisotopic (exact) mass is 316 g/mol. The fraction of sp³-hybridized carbons (Fsp3) is 0.529. The molecule has 0 unspecified atom stereocenters. The van der Waals surface area contributed by atoms with Crippen molar-refractivity contribution in [2.24, 2.45) is 0 Å². The van der Waals surface area contributed by atoms with E-state index in [9.17, 15) is 4.79 Å². The zero-order chi connectivity index (χ0) is 17.3. The highest BCUT2D eigenvalue weighted by molar-refractivity contribution is 6.55. The molecular formula is C17H25BN2O3. The van der Waals surface area contributed by atoms with Gasteiger partial charge in [0.15, 0.2) is 5.78 Å². The fourth-order valence-corrected chi connectivity index (χ4v) is 2.34. The lowest BCUT2D eigenvalue weighted by molar-refractivity contribution is 0.00578. The average Bonchev–Trinajstić information content (AvgIpc) is 2.67. The van der Waals surface area contributed by atoms with E-state index in [1.165, 1.54) is 6.92 Å². The van der Waals surface area contributed by atoms with E-state index >= 15 is 0 Å². The Morgan fingerprint density at radius 1 is 1.26 bits per heavy atom. The van der Waals surface area contributed by atoms with Gasteiger partial charge in [0.2, 0.25) is 0 Å². The van der Waals surface area contributed by atoms with E-state index in [0.717, 1.165) is 11.0 Å². The molecule has 0 spiro atoms. The number of nitrogens with one attached hydrogen (secondary N) is 1. The van der Waals surface area contributed by atoms with Crippen LogP contribution in [0.25, 0.3) is 6.08 Å². The Morgan fingerprint density at radius 2 is 1.87 bits per heavy atom. The van der Waals surface area contributed by atoms with Gasteiger partial charge in [0.25, 0.3) is 0 Å². The number of hydrogen-bond acceptors (Lipinski definition) is 5. The van der Waals surface area contributed by atoms with Crippen LogP contribution in [-0.2, 0) is 9.31 Å². The summed E-state index contributed by atoms with van der Waals surface area (Å²) in [7, 11) is 1.46. The van der Waals surface area contributed by atoms with Crippen molar-refractivity contribution < 1.29 is 14.1 Å². The quantitative estimate of drug-likeness (QED) is 0.668. The number of nitrogens with zero attached hydrogens (tertiary/aromatic N) is 1. The molecule has 6 heteroatoms. The van der Waals surface area contributed by atoms with E-state index in [0.29, 0.717) is 12.1 Å². The standard InChI is InChI=1S/C17H25BN2O3/c1-12(21)14-7-13(9-20-10-14)8-15(11-19-6)18-22-16(2,3)17(4,5)23-18/h7-10,19H,11H2,1-6H3.